The molecule has 0 radical (unpaired) electrons. The van der Waals surface area contributed by atoms with Gasteiger partial charge in [-0.15, -0.1) is 0 Å². The van der Waals surface area contributed by atoms with Gasteiger partial charge in [0.15, 0.2) is 16.4 Å². The second-order valence-electron chi connectivity index (χ2n) is 7.17. The minimum atomic E-state index is -4.02. The van der Waals surface area contributed by atoms with Crippen LogP contribution in [0.3, 0.4) is 0 Å². The zero-order valence-corrected chi connectivity index (χ0v) is 18.5. The molecule has 2 aromatic rings. The summed E-state index contributed by atoms with van der Waals surface area (Å²) in [6.07, 6.45) is 0. The molecule has 7 nitrogen and oxygen atoms in total. The van der Waals surface area contributed by atoms with E-state index in [1.54, 1.807) is 19.1 Å². The van der Waals surface area contributed by atoms with Gasteiger partial charge in [-0.1, -0.05) is 37.3 Å². The maximum atomic E-state index is 13.1. The molecule has 0 saturated carbocycles. The van der Waals surface area contributed by atoms with Gasteiger partial charge in [-0.05, 0) is 30.0 Å². The molecule has 0 unspecified atom stereocenters. The lowest BCUT2D eigenvalue weighted by molar-refractivity contribution is -0.116. The van der Waals surface area contributed by atoms with Crippen molar-refractivity contribution in [3.8, 4) is 11.5 Å². The maximum Gasteiger partial charge on any atom is 0.269 e. The highest BCUT2D eigenvalue weighted by atomic mass is 32.2. The Morgan fingerprint density at radius 3 is 2.30 bits per heavy atom. The molecule has 1 aliphatic rings. The van der Waals surface area contributed by atoms with Crippen LogP contribution in [0.25, 0.3) is 5.57 Å². The number of nitrogens with zero attached hydrogens (tertiary/aromatic N) is 1. The van der Waals surface area contributed by atoms with E-state index in [0.717, 1.165) is 9.87 Å². The second-order valence-corrected chi connectivity index (χ2v) is 9.08. The van der Waals surface area contributed by atoms with Crippen molar-refractivity contribution in [2.24, 2.45) is 0 Å². The quantitative estimate of drug-likeness (QED) is 0.761. The van der Waals surface area contributed by atoms with Crippen molar-refractivity contribution >= 4 is 27.2 Å². The van der Waals surface area contributed by atoms with Crippen molar-refractivity contribution < 1.29 is 22.7 Å². The van der Waals surface area contributed by atoms with E-state index in [1.165, 1.54) is 21.3 Å². The summed E-state index contributed by atoms with van der Waals surface area (Å²) in [5, 5.41) is 2.78. The van der Waals surface area contributed by atoms with Crippen molar-refractivity contribution in [1.29, 1.82) is 0 Å². The largest absolute Gasteiger partial charge is 0.493 e. The van der Waals surface area contributed by atoms with Gasteiger partial charge in [0.05, 0.1) is 19.9 Å². The van der Waals surface area contributed by atoms with Crippen LogP contribution in [-0.2, 0) is 14.8 Å². The number of amides is 1. The Labute approximate surface area is 177 Å². The number of methoxy groups -OCH3 is 2. The molecule has 0 fully saturated rings. The Kier molecular flexibility index (Phi) is 6.07. The van der Waals surface area contributed by atoms with Gasteiger partial charge in [0.2, 0.25) is 0 Å². The maximum absolute atomic E-state index is 13.1. The molecule has 1 N–H and O–H groups in total. The monoisotopic (exact) mass is 430 g/mol. The summed E-state index contributed by atoms with van der Waals surface area (Å²) < 4.78 is 38.0. The Bertz CT molecular complexity index is 1090. The molecule has 3 rings (SSSR count). The normalized spacial score (nSPS) is 16.0. The van der Waals surface area contributed by atoms with Gasteiger partial charge >= 0.3 is 0 Å². The van der Waals surface area contributed by atoms with E-state index in [9.17, 15) is 13.2 Å². The number of sulfonamides is 1. The first-order chi connectivity index (χ1) is 14.2. The van der Waals surface area contributed by atoms with Gasteiger partial charge in [0.25, 0.3) is 15.9 Å². The smallest absolute Gasteiger partial charge is 0.269 e. The van der Waals surface area contributed by atoms with E-state index in [0.29, 0.717) is 34.9 Å². The van der Waals surface area contributed by atoms with Gasteiger partial charge in [-0.3, -0.25) is 9.10 Å². The zero-order valence-electron chi connectivity index (χ0n) is 17.7. The molecule has 1 amide bonds. The second kappa shape index (κ2) is 8.39. The van der Waals surface area contributed by atoms with E-state index < -0.39 is 15.9 Å². The first-order valence-electron chi connectivity index (χ1n) is 9.51. The number of carbonyl (C=O) groups excluding carboxylic acids is 1. The fourth-order valence-electron chi connectivity index (χ4n) is 3.52. The number of allylic oxidation sites excluding steroid dienone is 1. The van der Waals surface area contributed by atoms with Crippen LogP contribution >= 0.6 is 0 Å². The number of fused-ring (bicyclic) bond motifs is 1. The van der Waals surface area contributed by atoms with E-state index >= 15 is 0 Å². The average Bonchev–Trinajstić information content (AvgIpc) is 2.75. The number of hydrogen-bond donors (Lipinski definition) is 1. The Morgan fingerprint density at radius 1 is 1.10 bits per heavy atom. The molecule has 0 spiro atoms. The summed E-state index contributed by atoms with van der Waals surface area (Å²) in [6.45, 7) is 3.92. The molecule has 0 aromatic heterocycles. The molecule has 0 aliphatic carbocycles. The predicted molar refractivity (Wildman–Crippen MR) is 117 cm³/mol. The minimum Gasteiger partial charge on any atom is -0.493 e. The Hall–Kier alpha value is -3.00. The first kappa shape index (κ1) is 21.7. The van der Waals surface area contributed by atoms with Crippen LogP contribution in [0, 0.1) is 0 Å². The summed E-state index contributed by atoms with van der Waals surface area (Å²) in [5.74, 6) is 0.288. The fraction of sp³-hybridized carbons (Fsp3) is 0.318. The number of rotatable bonds is 6. The molecule has 30 heavy (non-hydrogen) atoms. The highest BCUT2D eigenvalue weighted by Gasteiger charge is 2.38. The topological polar surface area (TPSA) is 84.9 Å². The minimum absolute atomic E-state index is 0.0386. The number of ether oxygens (including phenoxy) is 2. The van der Waals surface area contributed by atoms with Crippen molar-refractivity contribution in [1.82, 2.24) is 5.32 Å². The van der Waals surface area contributed by atoms with Gasteiger partial charge in [-0.25, -0.2) is 8.42 Å². The van der Waals surface area contributed by atoms with Crippen LogP contribution in [0.15, 0.2) is 47.4 Å². The third-order valence-corrected chi connectivity index (χ3v) is 7.27. The van der Waals surface area contributed by atoms with Crippen LogP contribution in [0.4, 0.5) is 5.69 Å². The van der Waals surface area contributed by atoms with Crippen LogP contribution in [-0.4, -0.2) is 42.1 Å². The van der Waals surface area contributed by atoms with Gasteiger partial charge in [0, 0.05) is 25.2 Å². The van der Waals surface area contributed by atoms with E-state index in [2.05, 4.69) is 5.32 Å². The summed E-state index contributed by atoms with van der Waals surface area (Å²) in [7, 11) is 0.395. The first-order valence-corrected chi connectivity index (χ1v) is 11.0. The van der Waals surface area contributed by atoms with Crippen molar-refractivity contribution in [3.63, 3.8) is 0 Å². The standard InChI is InChI=1S/C22H26N2O5S/c1-14(16-9-7-6-8-10-16)13-23-22(25)21-15(2)17-11-19(28-4)20(29-5)12-18(17)24(3)30(21,26)27/h6-12,14H,13H2,1-5H3,(H,23,25)/t14-/m1/s1. The number of benzene rings is 2. The lowest BCUT2D eigenvalue weighted by atomic mass is 10.0. The summed E-state index contributed by atoms with van der Waals surface area (Å²) in [5.41, 5.74) is 2.47. The highest BCUT2D eigenvalue weighted by Crippen LogP contribution is 2.44. The molecular weight excluding hydrogens is 404 g/mol. The average molecular weight is 431 g/mol. The summed E-state index contributed by atoms with van der Waals surface area (Å²) in [4.78, 5) is 12.7. The number of carbonyl (C=O) groups is 1. The third-order valence-electron chi connectivity index (χ3n) is 5.35. The highest BCUT2D eigenvalue weighted by molar-refractivity contribution is 7.97. The number of hydrogen-bond acceptors (Lipinski definition) is 5. The third kappa shape index (κ3) is 3.75. The Balaban J connectivity index is 1.97. The molecule has 1 aliphatic heterocycles. The van der Waals surface area contributed by atoms with E-state index in [1.807, 2.05) is 37.3 Å². The van der Waals surface area contributed by atoms with Crippen LogP contribution < -0.4 is 19.1 Å². The van der Waals surface area contributed by atoms with Crippen molar-refractivity contribution in [3.05, 3.63) is 58.5 Å². The molecule has 160 valence electrons. The van der Waals surface area contributed by atoms with Gasteiger partial charge in [0.1, 0.15) is 0 Å². The van der Waals surface area contributed by atoms with E-state index in [-0.39, 0.29) is 10.8 Å². The molecule has 0 saturated heterocycles. The van der Waals surface area contributed by atoms with Crippen molar-refractivity contribution in [2.75, 3.05) is 32.1 Å². The molecule has 1 heterocycles. The van der Waals surface area contributed by atoms with Crippen molar-refractivity contribution in [2.45, 2.75) is 19.8 Å². The zero-order chi connectivity index (χ0) is 22.1. The summed E-state index contributed by atoms with van der Waals surface area (Å²) >= 11 is 0. The fourth-order valence-corrected chi connectivity index (χ4v) is 5.01. The molecular formula is C22H26N2O5S. The van der Waals surface area contributed by atoms with Crippen LogP contribution in [0.5, 0.6) is 11.5 Å². The number of nitrogens with one attached hydrogen (secondary N) is 1. The predicted octanol–water partition coefficient (Wildman–Crippen LogP) is 3.13. The molecule has 8 heteroatoms. The van der Waals surface area contributed by atoms with E-state index in [4.69, 9.17) is 9.47 Å². The van der Waals surface area contributed by atoms with Gasteiger partial charge in [-0.2, -0.15) is 0 Å². The SMILES string of the molecule is COc1cc2c(cc1OC)N(C)S(=O)(=O)C(C(=O)NC[C@@H](C)c1ccccc1)=C2C. The Morgan fingerprint density at radius 2 is 1.70 bits per heavy atom. The summed E-state index contributed by atoms with van der Waals surface area (Å²) in [6, 6.07) is 13.0. The van der Waals surface area contributed by atoms with Crippen LogP contribution in [0.2, 0.25) is 0 Å². The lowest BCUT2D eigenvalue weighted by Gasteiger charge is -2.30. The van der Waals surface area contributed by atoms with Gasteiger partial charge < -0.3 is 14.8 Å². The molecule has 1 atom stereocenters. The lowest BCUT2D eigenvalue weighted by Crippen LogP contribution is -2.40. The van der Waals surface area contributed by atoms with Crippen LogP contribution in [0.1, 0.15) is 30.9 Å². The number of anilines is 1. The molecule has 2 aromatic carbocycles. The molecule has 0 bridgehead atoms.